The number of carbonyl (C=O) groups is 3. The van der Waals surface area contributed by atoms with Crippen LogP contribution in [-0.2, 0) is 20.5 Å². The van der Waals surface area contributed by atoms with Gasteiger partial charge in [-0.25, -0.2) is 0 Å². The molecule has 4 atom stereocenters. The molecule has 0 spiro atoms. The Bertz CT molecular complexity index is 1560. The van der Waals surface area contributed by atoms with E-state index < -0.39 is 19.1 Å². The standard InChI is InChI=1S/C36H43BN4O5/c1-22(2)17-31(37-45-32-27-18-24(19-27)21-36(32,3)46-37)41-35(44)30(20-23-9-5-4-6-10-23)40-34(43)26-15-13-25(14-16-26)33(42)39-29-12-8-7-11-28(29)38/h4-16,22,24,27,30-32H,17-21,38H2,1-3H3,(H,39,42)(H,40,43)(H,41,44)/t24?,27?,30-,31-,32+,36-/m0/s1. The molecule has 46 heavy (non-hydrogen) atoms. The average Bonchev–Trinajstić information content (AvgIpc) is 3.39. The molecule has 240 valence electrons. The summed E-state index contributed by atoms with van der Waals surface area (Å²) in [5, 5.41) is 8.95. The van der Waals surface area contributed by atoms with Gasteiger partial charge >= 0.3 is 7.12 Å². The predicted molar refractivity (Wildman–Crippen MR) is 179 cm³/mol. The Kier molecular flexibility index (Phi) is 9.20. The Balaban J connectivity index is 1.15. The van der Waals surface area contributed by atoms with Gasteiger partial charge in [0.05, 0.1) is 29.0 Å². The molecule has 9 nitrogen and oxygen atoms in total. The van der Waals surface area contributed by atoms with Gasteiger partial charge in [0.2, 0.25) is 5.91 Å². The van der Waals surface area contributed by atoms with E-state index in [1.165, 1.54) is 12.8 Å². The number of benzene rings is 3. The van der Waals surface area contributed by atoms with Gasteiger partial charge in [-0.15, -0.1) is 0 Å². The summed E-state index contributed by atoms with van der Waals surface area (Å²) in [4.78, 5) is 40.2. The first-order chi connectivity index (χ1) is 22.1. The zero-order chi connectivity index (χ0) is 32.4. The van der Waals surface area contributed by atoms with Crippen LogP contribution < -0.4 is 21.7 Å². The average molecular weight is 623 g/mol. The molecule has 4 aliphatic rings. The number of nitrogen functional groups attached to an aromatic ring is 1. The second-order valence-corrected chi connectivity index (χ2v) is 13.7. The van der Waals surface area contributed by atoms with Gasteiger partial charge in [-0.3, -0.25) is 14.4 Å². The van der Waals surface area contributed by atoms with Crippen molar-refractivity contribution in [3.05, 3.63) is 95.6 Å². The fourth-order valence-corrected chi connectivity index (χ4v) is 7.28. The molecule has 3 saturated carbocycles. The minimum Gasteiger partial charge on any atom is -0.404 e. The Morgan fingerprint density at radius 1 is 0.913 bits per heavy atom. The van der Waals surface area contributed by atoms with Crippen LogP contribution in [0.4, 0.5) is 11.4 Å². The molecule has 3 aromatic rings. The third kappa shape index (κ3) is 6.98. The zero-order valence-electron chi connectivity index (χ0n) is 26.7. The van der Waals surface area contributed by atoms with E-state index in [0.29, 0.717) is 47.2 Å². The van der Waals surface area contributed by atoms with E-state index in [1.807, 2.05) is 30.3 Å². The van der Waals surface area contributed by atoms with Gasteiger partial charge in [0.25, 0.3) is 11.8 Å². The summed E-state index contributed by atoms with van der Waals surface area (Å²) < 4.78 is 13.1. The molecule has 5 N–H and O–H groups in total. The molecular formula is C36H43BN4O5. The molecule has 3 aromatic carbocycles. The highest BCUT2D eigenvalue weighted by Gasteiger charge is 2.61. The van der Waals surface area contributed by atoms with E-state index in [2.05, 4.69) is 36.7 Å². The predicted octanol–water partition coefficient (Wildman–Crippen LogP) is 5.02. The lowest BCUT2D eigenvalue weighted by atomic mass is 9.58. The van der Waals surface area contributed by atoms with E-state index >= 15 is 0 Å². The third-order valence-electron chi connectivity index (χ3n) is 9.57. The van der Waals surface area contributed by atoms with Crippen LogP contribution in [0.3, 0.4) is 0 Å². The summed E-state index contributed by atoms with van der Waals surface area (Å²) in [6, 6.07) is 22.1. The van der Waals surface area contributed by atoms with E-state index in [0.717, 1.165) is 12.0 Å². The molecule has 1 heterocycles. The molecule has 3 aliphatic carbocycles. The summed E-state index contributed by atoms with van der Waals surface area (Å²) in [5.41, 5.74) is 8.22. The number of nitrogens with two attached hydrogens (primary N) is 1. The van der Waals surface area contributed by atoms with Gasteiger partial charge < -0.3 is 31.0 Å². The molecule has 7 rings (SSSR count). The highest BCUT2D eigenvalue weighted by Crippen LogP contribution is 2.55. The summed E-state index contributed by atoms with van der Waals surface area (Å²) >= 11 is 0. The van der Waals surface area contributed by atoms with Crippen LogP contribution >= 0.6 is 0 Å². The Morgan fingerprint density at radius 2 is 1.57 bits per heavy atom. The van der Waals surface area contributed by atoms with Gasteiger partial charge in [0.15, 0.2) is 0 Å². The van der Waals surface area contributed by atoms with E-state index in [1.54, 1.807) is 48.5 Å². The maximum Gasteiger partial charge on any atom is 0.481 e. The fraction of sp³-hybridized carbons (Fsp3) is 0.417. The van der Waals surface area contributed by atoms with Crippen molar-refractivity contribution in [2.24, 2.45) is 17.8 Å². The number of para-hydroxylation sites is 2. The van der Waals surface area contributed by atoms with Crippen molar-refractivity contribution in [3.8, 4) is 0 Å². The van der Waals surface area contributed by atoms with Crippen LogP contribution in [0.1, 0.15) is 72.7 Å². The number of carbonyl (C=O) groups excluding carboxylic acids is 3. The highest BCUT2D eigenvalue weighted by molar-refractivity contribution is 6.48. The van der Waals surface area contributed by atoms with Crippen LogP contribution in [0.25, 0.3) is 0 Å². The summed E-state index contributed by atoms with van der Waals surface area (Å²) in [7, 11) is -0.543. The lowest BCUT2D eigenvalue weighted by Crippen LogP contribution is -2.55. The van der Waals surface area contributed by atoms with Crippen molar-refractivity contribution in [2.45, 2.75) is 76.6 Å². The number of hydrogen-bond acceptors (Lipinski definition) is 6. The highest BCUT2D eigenvalue weighted by atomic mass is 16.7. The van der Waals surface area contributed by atoms with Crippen molar-refractivity contribution < 1.29 is 23.7 Å². The second-order valence-electron chi connectivity index (χ2n) is 13.7. The quantitative estimate of drug-likeness (QED) is 0.175. The SMILES string of the molecule is CC(C)C[C@H](NC(=O)[C@H](Cc1ccccc1)NC(=O)c1ccc(C(=O)Nc2ccccc2N)cc1)B1O[C@@H]2C3CC(C3)C[C@]2(C)O1. The lowest BCUT2D eigenvalue weighted by Gasteiger charge is -2.52. The van der Waals surface area contributed by atoms with Gasteiger partial charge in [0, 0.05) is 17.5 Å². The van der Waals surface area contributed by atoms with Crippen molar-refractivity contribution >= 4 is 36.2 Å². The Hall–Kier alpha value is -4.15. The van der Waals surface area contributed by atoms with Gasteiger partial charge in [-0.2, -0.15) is 0 Å². The van der Waals surface area contributed by atoms with Crippen molar-refractivity contribution in [2.75, 3.05) is 11.1 Å². The molecule has 2 bridgehead atoms. The van der Waals surface area contributed by atoms with Crippen LogP contribution in [0.5, 0.6) is 0 Å². The summed E-state index contributed by atoms with van der Waals surface area (Å²) in [6.45, 7) is 6.37. The lowest BCUT2D eigenvalue weighted by molar-refractivity contribution is -0.123. The van der Waals surface area contributed by atoms with Crippen LogP contribution in [0, 0.1) is 17.8 Å². The van der Waals surface area contributed by atoms with Gasteiger partial charge in [-0.1, -0.05) is 56.3 Å². The van der Waals surface area contributed by atoms with Gasteiger partial charge in [0.1, 0.15) is 6.04 Å². The minimum atomic E-state index is -0.847. The van der Waals surface area contributed by atoms with Gasteiger partial charge in [-0.05, 0) is 92.3 Å². The smallest absolute Gasteiger partial charge is 0.404 e. The first kappa shape index (κ1) is 31.8. The topological polar surface area (TPSA) is 132 Å². The van der Waals surface area contributed by atoms with Crippen molar-refractivity contribution in [1.29, 1.82) is 0 Å². The molecular weight excluding hydrogens is 579 g/mol. The monoisotopic (exact) mass is 622 g/mol. The molecule has 3 amide bonds. The number of hydrogen-bond donors (Lipinski definition) is 4. The first-order valence-electron chi connectivity index (χ1n) is 16.3. The summed E-state index contributed by atoms with van der Waals surface area (Å²) in [5.74, 6) is 0.0889. The maximum atomic E-state index is 14.0. The number of amides is 3. The first-order valence-corrected chi connectivity index (χ1v) is 16.3. The minimum absolute atomic E-state index is 0.0454. The van der Waals surface area contributed by atoms with E-state index in [4.69, 9.17) is 15.0 Å². The van der Waals surface area contributed by atoms with Crippen molar-refractivity contribution in [3.63, 3.8) is 0 Å². The molecule has 0 aromatic heterocycles. The molecule has 1 saturated heterocycles. The second kappa shape index (κ2) is 13.3. The number of anilines is 2. The van der Waals surface area contributed by atoms with E-state index in [9.17, 15) is 14.4 Å². The van der Waals surface area contributed by atoms with E-state index in [-0.39, 0.29) is 35.4 Å². The largest absolute Gasteiger partial charge is 0.481 e. The van der Waals surface area contributed by atoms with Crippen molar-refractivity contribution in [1.82, 2.24) is 10.6 Å². The maximum absolute atomic E-state index is 14.0. The zero-order valence-corrected chi connectivity index (χ0v) is 26.7. The Labute approximate surface area is 271 Å². The van der Waals surface area contributed by atoms with Crippen LogP contribution in [-0.4, -0.2) is 48.5 Å². The third-order valence-corrected chi connectivity index (χ3v) is 9.57. The number of nitrogens with one attached hydrogen (secondary N) is 3. The molecule has 10 heteroatoms. The Morgan fingerprint density at radius 3 is 2.22 bits per heavy atom. The normalized spacial score (nSPS) is 24.3. The molecule has 1 aliphatic heterocycles. The number of rotatable bonds is 11. The molecule has 0 radical (unpaired) electrons. The molecule has 4 fully saturated rings. The fourth-order valence-electron chi connectivity index (χ4n) is 7.28. The van der Waals surface area contributed by atoms with Crippen LogP contribution in [0.15, 0.2) is 78.9 Å². The van der Waals surface area contributed by atoms with Crippen LogP contribution in [0.2, 0.25) is 0 Å². The molecule has 0 unspecified atom stereocenters. The summed E-state index contributed by atoms with van der Waals surface area (Å²) in [6.07, 6.45) is 4.40.